The smallest absolute Gasteiger partial charge is 0.261 e. The molecular formula is C10H11N3O2. The van der Waals surface area contributed by atoms with Crippen LogP contribution in [0.2, 0.25) is 0 Å². The summed E-state index contributed by atoms with van der Waals surface area (Å²) in [6.07, 6.45) is 2.91. The van der Waals surface area contributed by atoms with Crippen molar-refractivity contribution in [3.05, 3.63) is 24.3 Å². The molecule has 0 radical (unpaired) electrons. The molecule has 5 nitrogen and oxygen atoms in total. The maximum absolute atomic E-state index is 9.52. The summed E-state index contributed by atoms with van der Waals surface area (Å²) in [7, 11) is 0. The van der Waals surface area contributed by atoms with Gasteiger partial charge in [-0.05, 0) is 6.07 Å². The lowest BCUT2D eigenvalue weighted by Gasteiger charge is -1.96. The van der Waals surface area contributed by atoms with E-state index in [4.69, 9.17) is 4.52 Å². The van der Waals surface area contributed by atoms with Crippen LogP contribution in [0.4, 0.5) is 0 Å². The molecule has 2 heterocycles. The fraction of sp³-hybridized carbons (Fsp3) is 0.300. The molecule has 0 saturated heterocycles. The van der Waals surface area contributed by atoms with Crippen molar-refractivity contribution in [2.45, 2.75) is 19.8 Å². The van der Waals surface area contributed by atoms with Gasteiger partial charge in [-0.25, -0.2) is 0 Å². The summed E-state index contributed by atoms with van der Waals surface area (Å²) in [5, 5.41) is 13.3. The molecule has 2 rings (SSSR count). The zero-order chi connectivity index (χ0) is 10.8. The Bertz CT molecular complexity index is 465. The first-order valence-electron chi connectivity index (χ1n) is 4.65. The minimum atomic E-state index is 0.0384. The minimum Gasteiger partial charge on any atom is -0.505 e. The number of pyridine rings is 1. The van der Waals surface area contributed by atoms with E-state index in [0.717, 1.165) is 0 Å². The van der Waals surface area contributed by atoms with Crippen LogP contribution in [0.15, 0.2) is 23.0 Å². The van der Waals surface area contributed by atoms with Crippen LogP contribution in [0.1, 0.15) is 25.6 Å². The summed E-state index contributed by atoms with van der Waals surface area (Å²) in [6.45, 7) is 3.95. The quantitative estimate of drug-likeness (QED) is 0.811. The topological polar surface area (TPSA) is 72.0 Å². The van der Waals surface area contributed by atoms with E-state index in [9.17, 15) is 5.11 Å². The third-order valence-corrected chi connectivity index (χ3v) is 1.99. The molecule has 0 spiro atoms. The maximum Gasteiger partial charge on any atom is 0.261 e. The molecule has 1 N–H and O–H groups in total. The van der Waals surface area contributed by atoms with E-state index < -0.39 is 0 Å². The Morgan fingerprint density at radius 1 is 1.40 bits per heavy atom. The maximum atomic E-state index is 9.52. The molecule has 0 aliphatic rings. The van der Waals surface area contributed by atoms with E-state index in [0.29, 0.717) is 17.3 Å². The van der Waals surface area contributed by atoms with Crippen molar-refractivity contribution in [3.63, 3.8) is 0 Å². The van der Waals surface area contributed by atoms with Gasteiger partial charge in [0.25, 0.3) is 5.89 Å². The highest BCUT2D eigenvalue weighted by atomic mass is 16.5. The summed E-state index contributed by atoms with van der Waals surface area (Å²) in [4.78, 5) is 7.95. The van der Waals surface area contributed by atoms with Gasteiger partial charge in [-0.15, -0.1) is 0 Å². The van der Waals surface area contributed by atoms with Crippen molar-refractivity contribution in [2.24, 2.45) is 0 Å². The van der Waals surface area contributed by atoms with Crippen molar-refractivity contribution in [3.8, 4) is 17.2 Å². The Kier molecular flexibility index (Phi) is 2.37. The van der Waals surface area contributed by atoms with Crippen LogP contribution >= 0.6 is 0 Å². The monoisotopic (exact) mass is 205 g/mol. The van der Waals surface area contributed by atoms with E-state index in [1.807, 2.05) is 13.8 Å². The molecule has 0 unspecified atom stereocenters. The van der Waals surface area contributed by atoms with Crippen LogP contribution in [-0.4, -0.2) is 20.2 Å². The summed E-state index contributed by atoms with van der Waals surface area (Å²) in [5.41, 5.74) is 0.504. The number of hydrogen-bond acceptors (Lipinski definition) is 5. The lowest BCUT2D eigenvalue weighted by atomic mass is 10.2. The molecule has 2 aromatic rings. The second-order valence-corrected chi connectivity index (χ2v) is 3.51. The molecule has 0 fully saturated rings. The van der Waals surface area contributed by atoms with Crippen LogP contribution in [0.5, 0.6) is 5.75 Å². The van der Waals surface area contributed by atoms with Crippen molar-refractivity contribution in [2.75, 3.05) is 0 Å². The van der Waals surface area contributed by atoms with E-state index in [2.05, 4.69) is 15.1 Å². The molecule has 2 aromatic heterocycles. The number of hydrogen-bond donors (Lipinski definition) is 1. The molecule has 15 heavy (non-hydrogen) atoms. The average Bonchev–Trinajstić information content (AvgIpc) is 2.67. The van der Waals surface area contributed by atoms with Crippen LogP contribution in [0, 0.1) is 0 Å². The normalized spacial score (nSPS) is 10.9. The Morgan fingerprint density at radius 3 is 2.80 bits per heavy atom. The van der Waals surface area contributed by atoms with E-state index in [1.165, 1.54) is 6.20 Å². The average molecular weight is 205 g/mol. The molecule has 0 amide bonds. The second-order valence-electron chi connectivity index (χ2n) is 3.51. The van der Waals surface area contributed by atoms with Gasteiger partial charge < -0.3 is 9.63 Å². The van der Waals surface area contributed by atoms with Gasteiger partial charge in [0, 0.05) is 12.1 Å². The fourth-order valence-electron chi connectivity index (χ4n) is 1.15. The molecule has 5 heteroatoms. The Hall–Kier alpha value is -1.91. The highest BCUT2D eigenvalue weighted by molar-refractivity contribution is 5.60. The van der Waals surface area contributed by atoms with Crippen LogP contribution in [0.25, 0.3) is 11.5 Å². The second kappa shape index (κ2) is 3.68. The number of aromatic hydroxyl groups is 1. The summed E-state index contributed by atoms with van der Waals surface area (Å²) >= 11 is 0. The Balaban J connectivity index is 2.42. The molecule has 78 valence electrons. The van der Waals surface area contributed by atoms with Crippen molar-refractivity contribution in [1.29, 1.82) is 0 Å². The number of rotatable bonds is 2. The predicted molar refractivity (Wildman–Crippen MR) is 53.3 cm³/mol. The zero-order valence-corrected chi connectivity index (χ0v) is 8.51. The predicted octanol–water partition coefficient (Wildman–Crippen LogP) is 1.96. The first-order chi connectivity index (χ1) is 7.18. The molecule has 0 aliphatic carbocycles. The lowest BCUT2D eigenvalue weighted by Crippen LogP contribution is -1.89. The summed E-state index contributed by atoms with van der Waals surface area (Å²) in [5.74, 6) is 1.18. The van der Waals surface area contributed by atoms with Gasteiger partial charge in [0.2, 0.25) is 0 Å². The highest BCUT2D eigenvalue weighted by Gasteiger charge is 2.13. The zero-order valence-electron chi connectivity index (χ0n) is 8.51. The fourth-order valence-corrected chi connectivity index (χ4v) is 1.15. The van der Waals surface area contributed by atoms with Crippen LogP contribution in [0.3, 0.4) is 0 Å². The van der Waals surface area contributed by atoms with Gasteiger partial charge in [0.05, 0.1) is 11.8 Å². The molecule has 0 aromatic carbocycles. The van der Waals surface area contributed by atoms with Crippen molar-refractivity contribution in [1.82, 2.24) is 15.1 Å². The SMILES string of the molecule is CC(C)c1noc(-c2ccncc2O)n1. The van der Waals surface area contributed by atoms with Gasteiger partial charge in [0.15, 0.2) is 5.82 Å². The minimum absolute atomic E-state index is 0.0384. The molecule has 0 saturated carbocycles. The largest absolute Gasteiger partial charge is 0.505 e. The number of nitrogens with zero attached hydrogens (tertiary/aromatic N) is 3. The van der Waals surface area contributed by atoms with Crippen molar-refractivity contribution < 1.29 is 9.63 Å². The van der Waals surface area contributed by atoms with Gasteiger partial charge >= 0.3 is 0 Å². The highest BCUT2D eigenvalue weighted by Crippen LogP contribution is 2.26. The summed E-state index contributed by atoms with van der Waals surface area (Å²) < 4.78 is 5.04. The first-order valence-corrected chi connectivity index (χ1v) is 4.65. The Labute approximate surface area is 86.8 Å². The molecule has 0 aliphatic heterocycles. The molecule has 0 bridgehead atoms. The summed E-state index contributed by atoms with van der Waals surface area (Å²) in [6, 6.07) is 1.63. The van der Waals surface area contributed by atoms with E-state index >= 15 is 0 Å². The Morgan fingerprint density at radius 2 is 2.20 bits per heavy atom. The third-order valence-electron chi connectivity index (χ3n) is 1.99. The van der Waals surface area contributed by atoms with Gasteiger partial charge in [-0.3, -0.25) is 4.98 Å². The van der Waals surface area contributed by atoms with Crippen molar-refractivity contribution >= 4 is 0 Å². The molecule has 0 atom stereocenters. The van der Waals surface area contributed by atoms with Crippen LogP contribution in [-0.2, 0) is 0 Å². The number of aromatic nitrogens is 3. The third kappa shape index (κ3) is 1.81. The van der Waals surface area contributed by atoms with E-state index in [-0.39, 0.29) is 11.7 Å². The van der Waals surface area contributed by atoms with Crippen LogP contribution < -0.4 is 0 Å². The van der Waals surface area contributed by atoms with Gasteiger partial charge in [-0.1, -0.05) is 19.0 Å². The lowest BCUT2D eigenvalue weighted by molar-refractivity contribution is 0.414. The standard InChI is InChI=1S/C10H11N3O2/c1-6(2)9-12-10(15-13-9)7-3-4-11-5-8(7)14/h3-6,14H,1-2H3. The molecular weight excluding hydrogens is 194 g/mol. The van der Waals surface area contributed by atoms with E-state index in [1.54, 1.807) is 12.3 Å². The van der Waals surface area contributed by atoms with Gasteiger partial charge in [-0.2, -0.15) is 4.98 Å². The first kappa shape index (κ1) is 9.64. The van der Waals surface area contributed by atoms with Gasteiger partial charge in [0.1, 0.15) is 5.75 Å².